The van der Waals surface area contributed by atoms with Crippen LogP contribution in [0.4, 0.5) is 5.95 Å². The zero-order chi connectivity index (χ0) is 25.7. The van der Waals surface area contributed by atoms with Gasteiger partial charge in [-0.1, -0.05) is 36.4 Å². The fourth-order valence-electron chi connectivity index (χ4n) is 4.47. The van der Waals surface area contributed by atoms with E-state index in [9.17, 15) is 5.26 Å². The van der Waals surface area contributed by atoms with Crippen molar-refractivity contribution in [3.8, 4) is 28.7 Å². The quantitative estimate of drug-likeness (QED) is 0.319. The number of pyridine rings is 1. The van der Waals surface area contributed by atoms with Crippen LogP contribution in [-0.2, 0) is 4.74 Å². The summed E-state index contributed by atoms with van der Waals surface area (Å²) in [5.74, 6) is 1.15. The van der Waals surface area contributed by atoms with E-state index in [1.807, 2.05) is 94.3 Å². The SMILES string of the molecule is N#CC(=Cc1cn(-c2ccccc2)nc1-c1cccnc1)c1nnc(N2CCOCC2)n1-c1ccccc1. The molecule has 9 heteroatoms. The summed E-state index contributed by atoms with van der Waals surface area (Å²) in [7, 11) is 0. The number of rotatable bonds is 6. The number of hydrogen-bond donors (Lipinski definition) is 0. The lowest BCUT2D eigenvalue weighted by molar-refractivity contribution is 0.122. The molecule has 9 nitrogen and oxygen atoms in total. The first-order valence-corrected chi connectivity index (χ1v) is 12.3. The summed E-state index contributed by atoms with van der Waals surface area (Å²) in [5.41, 5.74) is 4.51. The van der Waals surface area contributed by atoms with Crippen LogP contribution in [0.25, 0.3) is 34.3 Å². The van der Waals surface area contributed by atoms with Gasteiger partial charge in [0.05, 0.1) is 30.2 Å². The number of ether oxygens (including phenoxy) is 1. The molecular formula is C29H24N8O. The van der Waals surface area contributed by atoms with Crippen molar-refractivity contribution in [2.75, 3.05) is 31.2 Å². The fourth-order valence-corrected chi connectivity index (χ4v) is 4.47. The van der Waals surface area contributed by atoms with E-state index < -0.39 is 0 Å². The van der Waals surface area contributed by atoms with Crippen LogP contribution in [0.1, 0.15) is 11.4 Å². The zero-order valence-corrected chi connectivity index (χ0v) is 20.6. The molecule has 38 heavy (non-hydrogen) atoms. The lowest BCUT2D eigenvalue weighted by Crippen LogP contribution is -2.38. The van der Waals surface area contributed by atoms with E-state index in [4.69, 9.17) is 9.84 Å². The Labute approximate surface area is 219 Å². The molecule has 186 valence electrons. The maximum atomic E-state index is 10.3. The van der Waals surface area contributed by atoms with E-state index >= 15 is 0 Å². The topological polar surface area (TPSA) is 97.7 Å². The molecular weight excluding hydrogens is 476 g/mol. The molecule has 0 bridgehead atoms. The van der Waals surface area contributed by atoms with E-state index in [2.05, 4.69) is 26.2 Å². The van der Waals surface area contributed by atoms with Gasteiger partial charge in [0.2, 0.25) is 5.95 Å². The highest BCUT2D eigenvalue weighted by Crippen LogP contribution is 2.30. The molecule has 1 aliphatic rings. The van der Waals surface area contributed by atoms with Crippen molar-refractivity contribution >= 4 is 17.6 Å². The second-order valence-corrected chi connectivity index (χ2v) is 8.72. The number of hydrogen-bond acceptors (Lipinski definition) is 7. The summed E-state index contributed by atoms with van der Waals surface area (Å²) >= 11 is 0. The predicted molar refractivity (Wildman–Crippen MR) is 145 cm³/mol. The fraction of sp³-hybridized carbons (Fsp3) is 0.138. The molecule has 0 N–H and O–H groups in total. The van der Waals surface area contributed by atoms with Crippen LogP contribution in [0, 0.1) is 11.3 Å². The molecule has 0 atom stereocenters. The molecule has 4 heterocycles. The van der Waals surface area contributed by atoms with Crippen molar-refractivity contribution in [3.63, 3.8) is 0 Å². The lowest BCUT2D eigenvalue weighted by Gasteiger charge is -2.28. The molecule has 5 aromatic rings. The van der Waals surface area contributed by atoms with Crippen molar-refractivity contribution in [1.82, 2.24) is 29.5 Å². The van der Waals surface area contributed by atoms with E-state index in [-0.39, 0.29) is 0 Å². The van der Waals surface area contributed by atoms with Crippen LogP contribution in [0.5, 0.6) is 0 Å². The number of aromatic nitrogens is 6. The van der Waals surface area contributed by atoms with E-state index in [0.717, 1.165) is 22.5 Å². The van der Waals surface area contributed by atoms with Gasteiger partial charge in [-0.2, -0.15) is 10.4 Å². The van der Waals surface area contributed by atoms with Crippen LogP contribution in [0.2, 0.25) is 0 Å². The predicted octanol–water partition coefficient (Wildman–Crippen LogP) is 4.42. The van der Waals surface area contributed by atoms with Gasteiger partial charge in [-0.15, -0.1) is 10.2 Å². The van der Waals surface area contributed by atoms with Gasteiger partial charge in [-0.25, -0.2) is 4.68 Å². The maximum Gasteiger partial charge on any atom is 0.232 e. The van der Waals surface area contributed by atoms with E-state index in [0.29, 0.717) is 49.3 Å². The third kappa shape index (κ3) is 4.56. The minimum Gasteiger partial charge on any atom is -0.378 e. The first-order valence-electron chi connectivity index (χ1n) is 12.3. The Bertz CT molecular complexity index is 1600. The van der Waals surface area contributed by atoms with Crippen molar-refractivity contribution in [1.29, 1.82) is 5.26 Å². The average molecular weight is 501 g/mol. The molecule has 3 aromatic heterocycles. The average Bonchev–Trinajstić information content (AvgIpc) is 3.63. The van der Waals surface area contributed by atoms with E-state index in [1.54, 1.807) is 12.4 Å². The third-order valence-corrected chi connectivity index (χ3v) is 6.31. The first kappa shape index (κ1) is 23.3. The summed E-state index contributed by atoms with van der Waals surface area (Å²) in [6.07, 6.45) is 7.23. The number of allylic oxidation sites excluding steroid dienone is 1. The molecule has 0 spiro atoms. The number of morpholine rings is 1. The monoisotopic (exact) mass is 500 g/mol. The number of nitrogens with zero attached hydrogens (tertiary/aromatic N) is 8. The van der Waals surface area contributed by atoms with Crippen LogP contribution in [0.15, 0.2) is 91.4 Å². The molecule has 1 aliphatic heterocycles. The highest BCUT2D eigenvalue weighted by atomic mass is 16.5. The van der Waals surface area contributed by atoms with Gasteiger partial charge < -0.3 is 9.64 Å². The number of para-hydroxylation sites is 2. The minimum atomic E-state index is 0.374. The second-order valence-electron chi connectivity index (χ2n) is 8.72. The second kappa shape index (κ2) is 10.5. The van der Waals surface area contributed by atoms with Crippen molar-refractivity contribution < 1.29 is 4.74 Å². The molecule has 0 amide bonds. The summed E-state index contributed by atoms with van der Waals surface area (Å²) in [6.45, 7) is 2.63. The number of anilines is 1. The van der Waals surface area contributed by atoms with Crippen molar-refractivity contribution in [2.45, 2.75) is 0 Å². The van der Waals surface area contributed by atoms with Crippen LogP contribution in [-0.4, -0.2) is 55.8 Å². The largest absolute Gasteiger partial charge is 0.378 e. The van der Waals surface area contributed by atoms with Gasteiger partial charge in [0.25, 0.3) is 0 Å². The smallest absolute Gasteiger partial charge is 0.232 e. The minimum absolute atomic E-state index is 0.374. The highest BCUT2D eigenvalue weighted by molar-refractivity contribution is 5.91. The summed E-state index contributed by atoms with van der Waals surface area (Å²) in [4.78, 5) is 6.41. The Morgan fingerprint density at radius 1 is 0.895 bits per heavy atom. The summed E-state index contributed by atoms with van der Waals surface area (Å²) in [6, 6.07) is 25.9. The lowest BCUT2D eigenvalue weighted by atomic mass is 10.1. The van der Waals surface area contributed by atoms with Crippen LogP contribution >= 0.6 is 0 Å². The molecule has 6 rings (SSSR count). The third-order valence-electron chi connectivity index (χ3n) is 6.31. The molecule has 0 radical (unpaired) electrons. The van der Waals surface area contributed by atoms with E-state index in [1.165, 1.54) is 0 Å². The summed E-state index contributed by atoms with van der Waals surface area (Å²) < 4.78 is 9.28. The molecule has 1 saturated heterocycles. The van der Waals surface area contributed by atoms with Gasteiger partial charge in [0, 0.05) is 42.8 Å². The van der Waals surface area contributed by atoms with Gasteiger partial charge >= 0.3 is 0 Å². The normalized spacial score (nSPS) is 13.9. The number of benzene rings is 2. The zero-order valence-electron chi connectivity index (χ0n) is 20.6. The molecule has 2 aromatic carbocycles. The van der Waals surface area contributed by atoms with Crippen LogP contribution in [0.3, 0.4) is 0 Å². The highest BCUT2D eigenvalue weighted by Gasteiger charge is 2.24. The Morgan fingerprint density at radius 3 is 2.32 bits per heavy atom. The Balaban J connectivity index is 1.51. The maximum absolute atomic E-state index is 10.3. The Hall–Kier alpha value is -5.07. The van der Waals surface area contributed by atoms with Crippen LogP contribution < -0.4 is 4.90 Å². The van der Waals surface area contributed by atoms with Gasteiger partial charge in [0.1, 0.15) is 11.8 Å². The molecule has 0 unspecified atom stereocenters. The molecule has 0 saturated carbocycles. The van der Waals surface area contributed by atoms with Gasteiger partial charge in [-0.3, -0.25) is 9.55 Å². The van der Waals surface area contributed by atoms with Crippen molar-refractivity contribution in [2.24, 2.45) is 0 Å². The van der Waals surface area contributed by atoms with Crippen molar-refractivity contribution in [3.05, 3.63) is 103 Å². The molecule has 1 fully saturated rings. The Kier molecular flexibility index (Phi) is 6.45. The Morgan fingerprint density at radius 2 is 1.63 bits per heavy atom. The standard InChI is InChI=1S/C29H24N8O/c30-19-23(28-32-33-29(35-14-16-38-17-15-35)37(28)26-11-5-2-6-12-26)18-24-21-36(25-9-3-1-4-10-25)34-27(24)22-8-7-13-31-20-22/h1-13,18,20-21H,14-17H2. The van der Waals surface area contributed by atoms with Gasteiger partial charge in [0.15, 0.2) is 5.82 Å². The number of nitriles is 1. The summed E-state index contributed by atoms with van der Waals surface area (Å²) in [5, 5.41) is 24.2. The molecule has 0 aliphatic carbocycles. The first-order chi connectivity index (χ1) is 18.8. The van der Waals surface area contributed by atoms with Gasteiger partial charge in [-0.05, 0) is 42.5 Å².